The minimum absolute atomic E-state index is 0.0365. The molecule has 3 aromatic rings. The van der Waals surface area contributed by atoms with Crippen LogP contribution in [0.5, 0.6) is 0 Å². The highest BCUT2D eigenvalue weighted by Crippen LogP contribution is 2.24. The average Bonchev–Trinajstić information content (AvgIpc) is 3.09. The number of para-hydroxylation sites is 1. The normalized spacial score (nSPS) is 17.4. The Bertz CT molecular complexity index is 1070. The van der Waals surface area contributed by atoms with Gasteiger partial charge in [-0.15, -0.1) is 0 Å². The van der Waals surface area contributed by atoms with Crippen molar-refractivity contribution in [3.05, 3.63) is 70.9 Å². The second-order valence-electron chi connectivity index (χ2n) is 8.29. The summed E-state index contributed by atoms with van der Waals surface area (Å²) in [6.45, 7) is 6.08. The van der Waals surface area contributed by atoms with E-state index in [0.717, 1.165) is 28.6 Å². The van der Waals surface area contributed by atoms with Gasteiger partial charge in [-0.2, -0.15) is 0 Å². The minimum Gasteiger partial charge on any atom is -0.369 e. The second kappa shape index (κ2) is 8.32. The molecule has 1 aromatic heterocycles. The number of aryl methyl sites for hydroxylation is 2. The summed E-state index contributed by atoms with van der Waals surface area (Å²) < 4.78 is 0. The number of nitrogens with zero attached hydrogens (tertiary/aromatic N) is 2. The van der Waals surface area contributed by atoms with E-state index in [4.69, 9.17) is 5.73 Å². The predicted octanol–water partition coefficient (Wildman–Crippen LogP) is 2.64. The van der Waals surface area contributed by atoms with E-state index in [2.05, 4.69) is 23.2 Å². The number of benzene rings is 2. The van der Waals surface area contributed by atoms with Crippen LogP contribution in [0.3, 0.4) is 0 Å². The number of amides is 2. The Morgan fingerprint density at radius 3 is 2.57 bits per heavy atom. The van der Waals surface area contributed by atoms with Gasteiger partial charge in [-0.1, -0.05) is 35.4 Å². The van der Waals surface area contributed by atoms with Crippen molar-refractivity contribution in [1.29, 1.82) is 0 Å². The van der Waals surface area contributed by atoms with E-state index < -0.39 is 0 Å². The number of fused-ring (bicyclic) bond motifs is 1. The molecule has 0 radical (unpaired) electrons. The molecule has 0 spiro atoms. The van der Waals surface area contributed by atoms with Crippen LogP contribution in [0.15, 0.2) is 48.7 Å². The van der Waals surface area contributed by atoms with Crippen LogP contribution in [0.25, 0.3) is 10.9 Å². The molecule has 1 aliphatic rings. The lowest BCUT2D eigenvalue weighted by Gasteiger charge is -2.41. The molecule has 2 aromatic carbocycles. The van der Waals surface area contributed by atoms with Gasteiger partial charge in [0.1, 0.15) is 0 Å². The van der Waals surface area contributed by atoms with Gasteiger partial charge in [-0.3, -0.25) is 14.5 Å². The van der Waals surface area contributed by atoms with Gasteiger partial charge in [0.15, 0.2) is 0 Å². The summed E-state index contributed by atoms with van der Waals surface area (Å²) in [5, 5.41) is 1.17. The van der Waals surface area contributed by atoms with Crippen molar-refractivity contribution in [2.45, 2.75) is 26.3 Å². The number of piperazine rings is 1. The van der Waals surface area contributed by atoms with E-state index in [0.29, 0.717) is 19.6 Å². The number of nitrogens with two attached hydrogens (primary N) is 1. The summed E-state index contributed by atoms with van der Waals surface area (Å²) in [4.78, 5) is 32.3. The van der Waals surface area contributed by atoms with Crippen LogP contribution < -0.4 is 5.73 Å². The maximum atomic E-state index is 13.4. The highest BCUT2D eigenvalue weighted by atomic mass is 16.2. The number of hydrogen-bond acceptors (Lipinski definition) is 3. The molecule has 0 bridgehead atoms. The van der Waals surface area contributed by atoms with Gasteiger partial charge < -0.3 is 15.6 Å². The van der Waals surface area contributed by atoms with Crippen molar-refractivity contribution in [2.75, 3.05) is 26.2 Å². The molecule has 3 N–H and O–H groups in total. The highest BCUT2D eigenvalue weighted by Gasteiger charge is 2.32. The molecule has 2 heterocycles. The maximum Gasteiger partial charge on any atom is 0.254 e. The molecule has 2 amide bonds. The third kappa shape index (κ3) is 4.24. The zero-order valence-corrected chi connectivity index (χ0v) is 17.5. The zero-order valence-electron chi connectivity index (χ0n) is 17.5. The number of aromatic nitrogens is 1. The molecule has 1 atom stereocenters. The molecule has 6 heteroatoms. The fourth-order valence-electron chi connectivity index (χ4n) is 4.54. The van der Waals surface area contributed by atoms with E-state index in [1.165, 1.54) is 10.9 Å². The van der Waals surface area contributed by atoms with Gasteiger partial charge in [-0.05, 0) is 44.0 Å². The molecule has 4 rings (SSSR count). The molecule has 156 valence electrons. The summed E-state index contributed by atoms with van der Waals surface area (Å²) >= 11 is 0. The molecule has 1 fully saturated rings. The number of H-pyrrole nitrogens is 1. The number of nitrogens with one attached hydrogen (secondary N) is 1. The first-order chi connectivity index (χ1) is 14.4. The number of carbonyl (C=O) groups is 2. The topological polar surface area (TPSA) is 82.4 Å². The van der Waals surface area contributed by atoms with E-state index >= 15 is 0 Å². The van der Waals surface area contributed by atoms with Crippen LogP contribution in [-0.2, 0) is 11.2 Å². The van der Waals surface area contributed by atoms with Crippen molar-refractivity contribution >= 4 is 22.7 Å². The quantitative estimate of drug-likeness (QED) is 0.686. The van der Waals surface area contributed by atoms with Crippen LogP contribution in [0.1, 0.15) is 27.0 Å². The summed E-state index contributed by atoms with van der Waals surface area (Å²) in [6, 6.07) is 14.1. The number of hydrogen-bond donors (Lipinski definition) is 2. The second-order valence-corrected chi connectivity index (χ2v) is 8.29. The standard InChI is InChI=1S/C24H28N4O2/c1-16-9-17(2)11-18(10-16)24(30)28-8-7-27(15-23(25)29)14-20(28)12-19-13-26-22-6-4-3-5-21(19)22/h3-6,9-11,13,20,26H,7-8,12,14-15H2,1-2H3,(H2,25,29)/t20-/m1/s1. The van der Waals surface area contributed by atoms with Gasteiger partial charge in [0.25, 0.3) is 5.91 Å². The smallest absolute Gasteiger partial charge is 0.254 e. The zero-order chi connectivity index (χ0) is 21.3. The summed E-state index contributed by atoms with van der Waals surface area (Å²) in [5.74, 6) is -0.291. The number of primary amides is 1. The molecule has 0 unspecified atom stereocenters. The third-order valence-electron chi connectivity index (χ3n) is 5.81. The molecule has 0 aliphatic carbocycles. The summed E-state index contributed by atoms with van der Waals surface area (Å²) in [5.41, 5.74) is 10.6. The monoisotopic (exact) mass is 404 g/mol. The number of aromatic amines is 1. The van der Waals surface area contributed by atoms with Crippen LogP contribution in [0.4, 0.5) is 0 Å². The van der Waals surface area contributed by atoms with Crippen molar-refractivity contribution in [3.63, 3.8) is 0 Å². The fraction of sp³-hybridized carbons (Fsp3) is 0.333. The Morgan fingerprint density at radius 1 is 1.10 bits per heavy atom. The maximum absolute atomic E-state index is 13.4. The Morgan fingerprint density at radius 2 is 1.83 bits per heavy atom. The van der Waals surface area contributed by atoms with Gasteiger partial charge in [-0.25, -0.2) is 0 Å². The average molecular weight is 405 g/mol. The SMILES string of the molecule is Cc1cc(C)cc(C(=O)N2CCN(CC(N)=O)C[C@H]2Cc2c[nH]c3ccccc23)c1. The lowest BCUT2D eigenvalue weighted by atomic mass is 9.99. The van der Waals surface area contributed by atoms with E-state index in [1.807, 2.05) is 54.1 Å². The lowest BCUT2D eigenvalue weighted by molar-refractivity contribution is -0.119. The van der Waals surface area contributed by atoms with E-state index in [1.54, 1.807) is 0 Å². The Kier molecular flexibility index (Phi) is 5.59. The predicted molar refractivity (Wildman–Crippen MR) is 118 cm³/mol. The van der Waals surface area contributed by atoms with Gasteiger partial charge >= 0.3 is 0 Å². The van der Waals surface area contributed by atoms with Gasteiger partial charge in [0.05, 0.1) is 6.54 Å². The van der Waals surface area contributed by atoms with Crippen LogP contribution >= 0.6 is 0 Å². The number of carbonyl (C=O) groups excluding carboxylic acids is 2. The molecule has 1 saturated heterocycles. The van der Waals surface area contributed by atoms with E-state index in [-0.39, 0.29) is 24.4 Å². The highest BCUT2D eigenvalue weighted by molar-refractivity contribution is 5.95. The molecule has 6 nitrogen and oxygen atoms in total. The number of rotatable bonds is 5. The van der Waals surface area contributed by atoms with E-state index in [9.17, 15) is 9.59 Å². The van der Waals surface area contributed by atoms with Crippen molar-refractivity contribution in [2.24, 2.45) is 5.73 Å². The van der Waals surface area contributed by atoms with Gasteiger partial charge in [0.2, 0.25) is 5.91 Å². The molecule has 1 aliphatic heterocycles. The largest absolute Gasteiger partial charge is 0.369 e. The Balaban J connectivity index is 1.63. The first-order valence-electron chi connectivity index (χ1n) is 10.4. The minimum atomic E-state index is -0.338. The van der Waals surface area contributed by atoms with Gasteiger partial charge in [0, 0.05) is 48.3 Å². The van der Waals surface area contributed by atoms with Crippen molar-refractivity contribution < 1.29 is 9.59 Å². The molecular weight excluding hydrogens is 376 g/mol. The van der Waals surface area contributed by atoms with Crippen molar-refractivity contribution in [1.82, 2.24) is 14.8 Å². The van der Waals surface area contributed by atoms with Crippen LogP contribution in [0, 0.1) is 13.8 Å². The molecule has 30 heavy (non-hydrogen) atoms. The molecular formula is C24H28N4O2. The first-order valence-corrected chi connectivity index (χ1v) is 10.4. The Hall–Kier alpha value is -3.12. The summed E-state index contributed by atoms with van der Waals surface area (Å²) in [6.07, 6.45) is 2.74. The fourth-order valence-corrected chi connectivity index (χ4v) is 4.54. The molecule has 0 saturated carbocycles. The lowest BCUT2D eigenvalue weighted by Crippen LogP contribution is -2.57. The van der Waals surface area contributed by atoms with Crippen molar-refractivity contribution in [3.8, 4) is 0 Å². The first kappa shape index (κ1) is 20.2. The van der Waals surface area contributed by atoms with Crippen LogP contribution in [0.2, 0.25) is 0 Å². The Labute approximate surface area is 176 Å². The third-order valence-corrected chi connectivity index (χ3v) is 5.81. The summed E-state index contributed by atoms with van der Waals surface area (Å²) in [7, 11) is 0. The van der Waals surface area contributed by atoms with Crippen LogP contribution in [-0.4, -0.2) is 58.8 Å².